The highest BCUT2D eigenvalue weighted by Crippen LogP contribution is 2.29. The smallest absolute Gasteiger partial charge is 0.321 e. The fraction of sp³-hybridized carbons (Fsp3) is 0.333. The van der Waals surface area contributed by atoms with Crippen LogP contribution in [0.4, 0.5) is 10.5 Å². The van der Waals surface area contributed by atoms with Crippen LogP contribution < -0.4 is 10.2 Å². The second-order valence-corrected chi connectivity index (χ2v) is 7.77. The van der Waals surface area contributed by atoms with Crippen LogP contribution in [0.2, 0.25) is 0 Å². The number of amides is 2. The van der Waals surface area contributed by atoms with Crippen LogP contribution in [-0.2, 0) is 17.8 Å². The first-order chi connectivity index (χ1) is 15.0. The van der Waals surface area contributed by atoms with Crippen molar-refractivity contribution in [3.8, 4) is 11.3 Å². The lowest BCUT2D eigenvalue weighted by molar-refractivity contribution is 0.0815. The molecule has 2 heterocycles. The van der Waals surface area contributed by atoms with E-state index in [2.05, 4.69) is 29.4 Å². The summed E-state index contributed by atoms with van der Waals surface area (Å²) in [7, 11) is 0. The fourth-order valence-electron chi connectivity index (χ4n) is 3.73. The Morgan fingerprint density at radius 3 is 2.87 bits per heavy atom. The molecule has 0 spiro atoms. The molecular weight excluding hydrogens is 394 g/mol. The molecule has 1 aliphatic heterocycles. The summed E-state index contributed by atoms with van der Waals surface area (Å²) < 4.78 is 11.5. The molecule has 1 saturated heterocycles. The third-order valence-electron chi connectivity index (χ3n) is 5.33. The topological polar surface area (TPSA) is 87.8 Å². The average Bonchev–Trinajstić information content (AvgIpc) is 3.39. The number of aryl methyl sites for hydroxylation is 2. The summed E-state index contributed by atoms with van der Waals surface area (Å²) in [6, 6.07) is 12.1. The Hall–Kier alpha value is -3.16. The number of aromatic nitrogens is 1. The molecule has 162 valence electrons. The number of ether oxygens (including phenoxy) is 1. The van der Waals surface area contributed by atoms with Gasteiger partial charge in [0, 0.05) is 30.8 Å². The molecule has 1 aliphatic rings. The van der Waals surface area contributed by atoms with E-state index in [0.717, 1.165) is 33.5 Å². The lowest BCUT2D eigenvalue weighted by atomic mass is 10.0. The van der Waals surface area contributed by atoms with E-state index in [4.69, 9.17) is 14.3 Å². The van der Waals surface area contributed by atoms with Gasteiger partial charge in [0.05, 0.1) is 26.0 Å². The first-order valence-corrected chi connectivity index (χ1v) is 10.4. The zero-order valence-electron chi connectivity index (χ0n) is 17.9. The summed E-state index contributed by atoms with van der Waals surface area (Å²) in [6.45, 7) is 6.17. The number of hydrogen-bond donors (Lipinski definition) is 2. The van der Waals surface area contributed by atoms with Gasteiger partial charge < -0.3 is 19.6 Å². The fourth-order valence-corrected chi connectivity index (χ4v) is 3.73. The number of carbonyl (C=O) groups excluding carboxylic acids is 1. The number of aliphatic hydroxyl groups is 1. The first kappa shape index (κ1) is 21.1. The molecule has 0 bridgehead atoms. The summed E-state index contributed by atoms with van der Waals surface area (Å²) in [5.41, 5.74) is 6.14. The number of aliphatic hydroxyl groups excluding tert-OH is 1. The van der Waals surface area contributed by atoms with Crippen molar-refractivity contribution in [2.45, 2.75) is 26.9 Å². The van der Waals surface area contributed by atoms with Crippen LogP contribution in [0.1, 0.15) is 28.1 Å². The van der Waals surface area contributed by atoms with Crippen LogP contribution in [0.25, 0.3) is 11.3 Å². The molecular formula is C24H27N3O4. The molecule has 0 unspecified atom stereocenters. The van der Waals surface area contributed by atoms with E-state index in [1.165, 1.54) is 0 Å². The van der Waals surface area contributed by atoms with E-state index >= 15 is 0 Å². The number of nitrogens with one attached hydrogen (secondary N) is 1. The zero-order chi connectivity index (χ0) is 21.8. The molecule has 7 nitrogen and oxygen atoms in total. The number of urea groups is 1. The Bertz CT molecular complexity index is 1080. The summed E-state index contributed by atoms with van der Waals surface area (Å²) in [4.78, 5) is 18.3. The van der Waals surface area contributed by atoms with Crippen LogP contribution in [0, 0.1) is 13.8 Å². The molecule has 3 aromatic rings. The molecule has 2 amide bonds. The molecule has 0 atom stereocenters. The third kappa shape index (κ3) is 4.95. The van der Waals surface area contributed by atoms with E-state index in [9.17, 15) is 4.79 Å². The van der Waals surface area contributed by atoms with E-state index in [-0.39, 0.29) is 12.6 Å². The lowest BCUT2D eigenvalue weighted by Gasteiger charge is -2.16. The molecule has 7 heteroatoms. The number of rotatable bonds is 8. The Morgan fingerprint density at radius 2 is 2.10 bits per heavy atom. The SMILES string of the molecule is Cc1cc(-c2cnc(Cc3cc(COCCO)ccc3C)o2)cc(N2CCNC2=O)c1. The highest BCUT2D eigenvalue weighted by molar-refractivity contribution is 5.94. The molecule has 1 fully saturated rings. The van der Waals surface area contributed by atoms with Gasteiger partial charge in [0.25, 0.3) is 0 Å². The number of nitrogens with zero attached hydrogens (tertiary/aromatic N) is 2. The van der Waals surface area contributed by atoms with Gasteiger partial charge in [-0.25, -0.2) is 9.78 Å². The van der Waals surface area contributed by atoms with Crippen molar-refractivity contribution in [2.24, 2.45) is 0 Å². The monoisotopic (exact) mass is 421 g/mol. The van der Waals surface area contributed by atoms with Gasteiger partial charge in [-0.2, -0.15) is 0 Å². The van der Waals surface area contributed by atoms with Gasteiger partial charge in [0.15, 0.2) is 11.7 Å². The lowest BCUT2D eigenvalue weighted by Crippen LogP contribution is -2.27. The number of hydrogen-bond acceptors (Lipinski definition) is 5. The van der Waals surface area contributed by atoms with Crippen LogP contribution in [0.3, 0.4) is 0 Å². The van der Waals surface area contributed by atoms with Crippen LogP contribution in [0.5, 0.6) is 0 Å². The highest BCUT2D eigenvalue weighted by Gasteiger charge is 2.22. The summed E-state index contributed by atoms with van der Waals surface area (Å²) >= 11 is 0. The second-order valence-electron chi connectivity index (χ2n) is 7.77. The predicted octanol–water partition coefficient (Wildman–Crippen LogP) is 3.59. The van der Waals surface area contributed by atoms with E-state index < -0.39 is 0 Å². The normalized spacial score (nSPS) is 13.6. The number of oxazole rings is 1. The Kier molecular flexibility index (Phi) is 6.34. The van der Waals surface area contributed by atoms with Gasteiger partial charge >= 0.3 is 6.03 Å². The minimum Gasteiger partial charge on any atom is -0.440 e. The Labute approximate surface area is 181 Å². The largest absolute Gasteiger partial charge is 0.440 e. The quantitative estimate of drug-likeness (QED) is 0.543. The molecule has 31 heavy (non-hydrogen) atoms. The van der Waals surface area contributed by atoms with Crippen molar-refractivity contribution in [1.29, 1.82) is 0 Å². The van der Waals surface area contributed by atoms with Crippen LogP contribution in [-0.4, -0.2) is 42.4 Å². The van der Waals surface area contributed by atoms with Gasteiger partial charge in [-0.1, -0.05) is 18.2 Å². The highest BCUT2D eigenvalue weighted by atomic mass is 16.5. The molecule has 4 rings (SSSR count). The number of carbonyl (C=O) groups is 1. The summed E-state index contributed by atoms with van der Waals surface area (Å²) in [5, 5.41) is 11.7. The maximum Gasteiger partial charge on any atom is 0.321 e. The maximum absolute atomic E-state index is 12.0. The van der Waals surface area contributed by atoms with Crippen molar-refractivity contribution in [3.05, 3.63) is 70.7 Å². The zero-order valence-corrected chi connectivity index (χ0v) is 17.9. The predicted molar refractivity (Wildman–Crippen MR) is 118 cm³/mol. The summed E-state index contributed by atoms with van der Waals surface area (Å²) in [6.07, 6.45) is 2.31. The van der Waals surface area contributed by atoms with E-state index in [1.807, 2.05) is 31.2 Å². The van der Waals surface area contributed by atoms with Crippen LogP contribution >= 0.6 is 0 Å². The molecule has 0 aliphatic carbocycles. The second kappa shape index (κ2) is 9.32. The van der Waals surface area contributed by atoms with Crippen LogP contribution in [0.15, 0.2) is 47.0 Å². The van der Waals surface area contributed by atoms with E-state index in [0.29, 0.717) is 44.4 Å². The van der Waals surface area contributed by atoms with Gasteiger partial charge in [-0.05, 0) is 54.3 Å². The molecule has 0 radical (unpaired) electrons. The van der Waals surface area contributed by atoms with Crippen molar-refractivity contribution in [1.82, 2.24) is 10.3 Å². The van der Waals surface area contributed by atoms with Gasteiger partial charge in [-0.15, -0.1) is 0 Å². The number of benzene rings is 2. The van der Waals surface area contributed by atoms with Crippen molar-refractivity contribution < 1.29 is 19.1 Å². The van der Waals surface area contributed by atoms with Crippen molar-refractivity contribution in [2.75, 3.05) is 31.2 Å². The van der Waals surface area contributed by atoms with E-state index in [1.54, 1.807) is 11.1 Å². The van der Waals surface area contributed by atoms with Crippen molar-refractivity contribution in [3.63, 3.8) is 0 Å². The molecule has 0 saturated carbocycles. The standard InChI is InChI=1S/C24H27N3O4/c1-16-9-20(12-21(10-16)27-6-5-25-24(27)29)22-14-26-23(31-22)13-19-11-18(4-3-17(19)2)15-30-8-7-28/h3-4,9-12,14,28H,5-8,13,15H2,1-2H3,(H,25,29). The minimum absolute atomic E-state index is 0.0148. The maximum atomic E-state index is 12.0. The summed E-state index contributed by atoms with van der Waals surface area (Å²) in [5.74, 6) is 1.31. The van der Waals surface area contributed by atoms with Gasteiger partial charge in [-0.3, -0.25) is 4.90 Å². The minimum atomic E-state index is -0.0758. The number of anilines is 1. The molecule has 2 N–H and O–H groups in total. The first-order valence-electron chi connectivity index (χ1n) is 10.4. The molecule has 2 aromatic carbocycles. The Balaban J connectivity index is 1.53. The molecule has 1 aromatic heterocycles. The van der Waals surface area contributed by atoms with Gasteiger partial charge in [0.1, 0.15) is 0 Å². The van der Waals surface area contributed by atoms with Gasteiger partial charge in [0.2, 0.25) is 0 Å². The average molecular weight is 421 g/mol. The Morgan fingerprint density at radius 1 is 1.23 bits per heavy atom. The van der Waals surface area contributed by atoms with Crippen molar-refractivity contribution >= 4 is 11.7 Å². The third-order valence-corrected chi connectivity index (χ3v) is 5.33.